The molecule has 0 radical (unpaired) electrons. The van der Waals surface area contributed by atoms with Gasteiger partial charge in [0.1, 0.15) is 11.8 Å². The van der Waals surface area contributed by atoms with E-state index in [4.69, 9.17) is 27.6 Å². The van der Waals surface area contributed by atoms with E-state index in [1.807, 2.05) is 0 Å². The number of carbonyl (C=O) groups excluding carboxylic acids is 1. The molecule has 8 nitrogen and oxygen atoms in total. The van der Waals surface area contributed by atoms with Gasteiger partial charge in [-0.05, 0) is 66.7 Å². The lowest BCUT2D eigenvalue weighted by molar-refractivity contribution is 0.0955. The molecule has 0 aliphatic carbocycles. The topological polar surface area (TPSA) is 118 Å². The number of halogens is 2. The highest BCUT2D eigenvalue weighted by molar-refractivity contribution is 7.92. The number of hydrazone groups is 1. The van der Waals surface area contributed by atoms with Gasteiger partial charge in [0, 0.05) is 21.3 Å². The van der Waals surface area contributed by atoms with E-state index in [1.54, 1.807) is 12.1 Å². The Labute approximate surface area is 203 Å². The molecule has 4 aromatic rings. The smallest absolute Gasteiger partial charge is 0.271 e. The zero-order valence-electron chi connectivity index (χ0n) is 17.2. The molecule has 34 heavy (non-hydrogen) atoms. The van der Waals surface area contributed by atoms with Crippen molar-refractivity contribution in [3.63, 3.8) is 0 Å². The SMILES string of the molecule is O=C(NN=Cc1coc2ccc(Cl)cc2c1=O)c1ccc(NS(=O)(=O)c2ccc(Cl)cc2)cc1. The second-order valence-electron chi connectivity index (χ2n) is 7.00. The standard InChI is InChI=1S/C23H15Cl2N3O5S/c24-16-3-8-19(9-4-16)34(31,32)28-18-6-1-14(2-7-18)23(30)27-26-12-15-13-33-21-10-5-17(25)11-20(21)22(15)29/h1-13,28H,(H,27,30). The molecule has 0 saturated carbocycles. The van der Waals surface area contributed by atoms with E-state index >= 15 is 0 Å². The lowest BCUT2D eigenvalue weighted by atomic mass is 10.2. The summed E-state index contributed by atoms with van der Waals surface area (Å²) in [4.78, 5) is 24.9. The third kappa shape index (κ3) is 5.28. The first-order valence-electron chi connectivity index (χ1n) is 9.66. The highest BCUT2D eigenvalue weighted by Gasteiger charge is 2.14. The van der Waals surface area contributed by atoms with Crippen LogP contribution in [-0.2, 0) is 10.0 Å². The summed E-state index contributed by atoms with van der Waals surface area (Å²) in [6.07, 6.45) is 2.40. The first-order valence-corrected chi connectivity index (χ1v) is 11.9. The largest absolute Gasteiger partial charge is 0.463 e. The number of nitrogens with one attached hydrogen (secondary N) is 2. The van der Waals surface area contributed by atoms with Gasteiger partial charge in [0.05, 0.1) is 22.1 Å². The van der Waals surface area contributed by atoms with Gasteiger partial charge in [-0.2, -0.15) is 5.10 Å². The molecule has 172 valence electrons. The van der Waals surface area contributed by atoms with Crippen LogP contribution in [0.25, 0.3) is 11.0 Å². The number of rotatable bonds is 6. The van der Waals surface area contributed by atoms with Gasteiger partial charge in [0.25, 0.3) is 15.9 Å². The maximum absolute atomic E-state index is 12.5. The molecule has 0 unspecified atom stereocenters. The minimum Gasteiger partial charge on any atom is -0.463 e. The second-order valence-corrected chi connectivity index (χ2v) is 9.55. The first kappa shape index (κ1) is 23.5. The maximum atomic E-state index is 12.5. The number of anilines is 1. The van der Waals surface area contributed by atoms with Crippen molar-refractivity contribution in [1.29, 1.82) is 0 Å². The van der Waals surface area contributed by atoms with E-state index in [-0.39, 0.29) is 27.1 Å². The average Bonchev–Trinajstić information content (AvgIpc) is 2.81. The highest BCUT2D eigenvalue weighted by Crippen LogP contribution is 2.19. The van der Waals surface area contributed by atoms with Crippen LogP contribution in [0.5, 0.6) is 0 Å². The van der Waals surface area contributed by atoms with Gasteiger partial charge in [-0.3, -0.25) is 14.3 Å². The fourth-order valence-electron chi connectivity index (χ4n) is 2.95. The summed E-state index contributed by atoms with van der Waals surface area (Å²) in [5.74, 6) is -0.559. The third-order valence-electron chi connectivity index (χ3n) is 4.65. The van der Waals surface area contributed by atoms with Crippen molar-refractivity contribution < 1.29 is 17.6 Å². The number of hydrogen-bond donors (Lipinski definition) is 2. The Bertz CT molecular complexity index is 1570. The molecule has 0 bridgehead atoms. The molecule has 4 rings (SSSR count). The number of fused-ring (bicyclic) bond motifs is 1. The van der Waals surface area contributed by atoms with Crippen LogP contribution in [-0.4, -0.2) is 20.5 Å². The van der Waals surface area contributed by atoms with Crippen molar-refractivity contribution in [2.24, 2.45) is 5.10 Å². The number of hydrogen-bond acceptors (Lipinski definition) is 6. The van der Waals surface area contributed by atoms with Crippen molar-refractivity contribution >= 4 is 62.0 Å². The zero-order valence-corrected chi connectivity index (χ0v) is 19.5. The first-order chi connectivity index (χ1) is 16.2. The van der Waals surface area contributed by atoms with E-state index in [9.17, 15) is 18.0 Å². The van der Waals surface area contributed by atoms with Crippen LogP contribution in [0.1, 0.15) is 15.9 Å². The van der Waals surface area contributed by atoms with Gasteiger partial charge in [0.2, 0.25) is 5.43 Å². The van der Waals surface area contributed by atoms with Gasteiger partial charge < -0.3 is 4.42 Å². The van der Waals surface area contributed by atoms with Crippen molar-refractivity contribution in [2.75, 3.05) is 4.72 Å². The van der Waals surface area contributed by atoms with Crippen molar-refractivity contribution in [3.05, 3.63) is 104 Å². The van der Waals surface area contributed by atoms with Gasteiger partial charge >= 0.3 is 0 Å². The van der Waals surface area contributed by atoms with Crippen LogP contribution in [0.2, 0.25) is 10.0 Å². The van der Waals surface area contributed by atoms with Crippen LogP contribution in [0, 0.1) is 0 Å². The Morgan fingerprint density at radius 3 is 2.32 bits per heavy atom. The van der Waals surface area contributed by atoms with Crippen LogP contribution in [0.4, 0.5) is 5.69 Å². The quantitative estimate of drug-likeness (QED) is 0.286. The maximum Gasteiger partial charge on any atom is 0.271 e. The number of amides is 1. The molecule has 1 amide bonds. The van der Waals surface area contributed by atoms with Crippen molar-refractivity contribution in [1.82, 2.24) is 5.43 Å². The third-order valence-corrected chi connectivity index (χ3v) is 6.54. The van der Waals surface area contributed by atoms with E-state index in [0.29, 0.717) is 21.0 Å². The van der Waals surface area contributed by atoms with E-state index in [2.05, 4.69) is 15.2 Å². The molecule has 3 aromatic carbocycles. The molecule has 2 N–H and O–H groups in total. The van der Waals surface area contributed by atoms with Crippen molar-refractivity contribution in [3.8, 4) is 0 Å². The number of nitrogens with zero attached hydrogens (tertiary/aromatic N) is 1. The predicted octanol–water partition coefficient (Wildman–Crippen LogP) is 4.66. The monoisotopic (exact) mass is 515 g/mol. The summed E-state index contributed by atoms with van der Waals surface area (Å²) < 4.78 is 32.7. The van der Waals surface area contributed by atoms with Gasteiger partial charge in [-0.1, -0.05) is 23.2 Å². The highest BCUT2D eigenvalue weighted by atomic mass is 35.5. The van der Waals surface area contributed by atoms with Crippen LogP contribution < -0.4 is 15.6 Å². The Hall–Kier alpha value is -3.66. The molecule has 1 heterocycles. The molecule has 0 fully saturated rings. The van der Waals surface area contributed by atoms with Crippen molar-refractivity contribution in [2.45, 2.75) is 4.90 Å². The van der Waals surface area contributed by atoms with Crippen LogP contribution in [0.15, 0.2) is 92.2 Å². The van der Waals surface area contributed by atoms with Crippen LogP contribution in [0.3, 0.4) is 0 Å². The van der Waals surface area contributed by atoms with Gasteiger partial charge in [-0.25, -0.2) is 13.8 Å². The lowest BCUT2D eigenvalue weighted by Crippen LogP contribution is -2.19. The number of carbonyl (C=O) groups is 1. The molecular weight excluding hydrogens is 501 g/mol. The van der Waals surface area contributed by atoms with Crippen LogP contribution >= 0.6 is 23.2 Å². The summed E-state index contributed by atoms with van der Waals surface area (Å²) in [5, 5.41) is 4.90. The summed E-state index contributed by atoms with van der Waals surface area (Å²) in [7, 11) is -3.81. The summed E-state index contributed by atoms with van der Waals surface area (Å²) in [6.45, 7) is 0. The number of benzene rings is 3. The minimum absolute atomic E-state index is 0.0495. The predicted molar refractivity (Wildman–Crippen MR) is 131 cm³/mol. The molecule has 0 atom stereocenters. The Kier molecular flexibility index (Phi) is 6.69. The van der Waals surface area contributed by atoms with E-state index in [1.165, 1.54) is 67.1 Å². The second kappa shape index (κ2) is 9.68. The molecule has 0 aliphatic heterocycles. The normalized spacial score (nSPS) is 11.6. The molecule has 0 aliphatic rings. The molecule has 1 aromatic heterocycles. The molecule has 0 spiro atoms. The lowest BCUT2D eigenvalue weighted by Gasteiger charge is -2.08. The average molecular weight is 516 g/mol. The van der Waals surface area contributed by atoms with Gasteiger partial charge in [0.15, 0.2) is 0 Å². The van der Waals surface area contributed by atoms with E-state index in [0.717, 1.165) is 0 Å². The fourth-order valence-corrected chi connectivity index (χ4v) is 4.31. The molecule has 11 heteroatoms. The summed E-state index contributed by atoms with van der Waals surface area (Å²) in [5.41, 5.74) is 2.95. The minimum atomic E-state index is -3.81. The molecular formula is C23H15Cl2N3O5S. The summed E-state index contributed by atoms with van der Waals surface area (Å²) in [6, 6.07) is 16.1. The zero-order chi connectivity index (χ0) is 24.3. The Morgan fingerprint density at radius 1 is 0.941 bits per heavy atom. The van der Waals surface area contributed by atoms with E-state index < -0.39 is 15.9 Å². The summed E-state index contributed by atoms with van der Waals surface area (Å²) >= 11 is 11.7. The molecule has 0 saturated heterocycles. The fraction of sp³-hybridized carbons (Fsp3) is 0. The number of sulfonamides is 1. The van der Waals surface area contributed by atoms with Gasteiger partial charge in [-0.15, -0.1) is 0 Å². The Morgan fingerprint density at radius 2 is 1.62 bits per heavy atom. The Balaban J connectivity index is 1.43.